The molecule has 0 aliphatic carbocycles. The fraction of sp³-hybridized carbons (Fsp3) is 0.194. The van der Waals surface area contributed by atoms with Crippen molar-refractivity contribution < 1.29 is 28.6 Å². The lowest BCUT2D eigenvalue weighted by atomic mass is 9.62. The Bertz CT molecular complexity index is 1870. The second-order valence-corrected chi connectivity index (χ2v) is 11.1. The number of hydrogen-bond donors (Lipinski definition) is 1. The first-order chi connectivity index (χ1) is 21.4. The van der Waals surface area contributed by atoms with Gasteiger partial charge in [-0.25, -0.2) is 0 Å². The first-order valence-electron chi connectivity index (χ1n) is 14.3. The molecule has 7 rings (SSSR count). The number of hydrogen-bond acceptors (Lipinski definition) is 7. The van der Waals surface area contributed by atoms with Crippen LogP contribution in [0.2, 0.25) is 0 Å². The van der Waals surface area contributed by atoms with Crippen LogP contribution in [0.15, 0.2) is 97.2 Å². The lowest BCUT2D eigenvalue weighted by Crippen LogP contribution is -2.49. The Hall–Kier alpha value is -5.37. The van der Waals surface area contributed by atoms with Crippen LogP contribution in [0.5, 0.6) is 17.2 Å². The molecule has 3 aliphatic rings. The topological polar surface area (TPSA) is 94.2 Å². The number of amides is 1. The highest BCUT2D eigenvalue weighted by Gasteiger charge is 2.70. The SMILES string of the molecule is COc1cccc(C(=O)C2C(C(=O)c3ccc(OC)c(OC)c3)N3C=Cc4ccccc4C3C23C(=O)Nc2ccccc23)c1. The van der Waals surface area contributed by atoms with Crippen LogP contribution >= 0.6 is 0 Å². The van der Waals surface area contributed by atoms with Crippen molar-refractivity contribution in [2.45, 2.75) is 17.5 Å². The van der Waals surface area contributed by atoms with Crippen molar-refractivity contribution in [1.29, 1.82) is 0 Å². The number of para-hydroxylation sites is 1. The van der Waals surface area contributed by atoms with Crippen molar-refractivity contribution in [1.82, 2.24) is 4.90 Å². The molecule has 44 heavy (non-hydrogen) atoms. The molecular weight excluding hydrogens is 556 g/mol. The number of ketones is 2. The molecule has 4 aromatic carbocycles. The largest absolute Gasteiger partial charge is 0.497 e. The molecule has 0 bridgehead atoms. The summed E-state index contributed by atoms with van der Waals surface area (Å²) in [5.74, 6) is -0.677. The Morgan fingerprint density at radius 1 is 0.773 bits per heavy atom. The zero-order valence-corrected chi connectivity index (χ0v) is 24.4. The average Bonchev–Trinajstić information content (AvgIpc) is 3.55. The molecule has 1 N–H and O–H groups in total. The molecule has 3 heterocycles. The number of carbonyl (C=O) groups is 3. The normalized spacial score (nSPS) is 22.6. The summed E-state index contributed by atoms with van der Waals surface area (Å²) in [6, 6.07) is 25.4. The Balaban J connectivity index is 1.52. The standard InChI is InChI=1S/C36H30N2O6/c1-42-24-11-8-10-22(19-24)32(39)30-31(33(40)23-15-16-28(43-2)29(20-23)44-3)38-18-17-21-9-4-5-12-25(21)34(38)36(30)26-13-6-7-14-27(26)37-35(36)41/h4-20,30-31,34H,1-3H3,(H,37,41). The molecule has 0 aromatic heterocycles. The summed E-state index contributed by atoms with van der Waals surface area (Å²) < 4.78 is 16.4. The quantitative estimate of drug-likeness (QED) is 0.278. The molecule has 8 nitrogen and oxygen atoms in total. The summed E-state index contributed by atoms with van der Waals surface area (Å²) in [6.07, 6.45) is 3.79. The summed E-state index contributed by atoms with van der Waals surface area (Å²) in [7, 11) is 4.57. The van der Waals surface area contributed by atoms with Gasteiger partial charge in [0.1, 0.15) is 17.2 Å². The highest BCUT2D eigenvalue weighted by atomic mass is 16.5. The van der Waals surface area contributed by atoms with Crippen LogP contribution in [0.3, 0.4) is 0 Å². The minimum atomic E-state index is -1.42. The molecule has 4 unspecified atom stereocenters. The summed E-state index contributed by atoms with van der Waals surface area (Å²) in [4.78, 5) is 46.3. The van der Waals surface area contributed by atoms with Crippen LogP contribution in [0.25, 0.3) is 6.08 Å². The van der Waals surface area contributed by atoms with E-state index in [0.29, 0.717) is 39.6 Å². The van der Waals surface area contributed by atoms with Gasteiger partial charge in [-0.2, -0.15) is 0 Å². The third kappa shape index (κ3) is 3.80. The average molecular weight is 587 g/mol. The molecule has 1 saturated heterocycles. The molecule has 1 amide bonds. The Labute approximate surface area is 254 Å². The van der Waals surface area contributed by atoms with E-state index >= 15 is 0 Å². The van der Waals surface area contributed by atoms with E-state index in [1.165, 1.54) is 21.3 Å². The number of Topliss-reactive ketones (excluding diaryl/α,β-unsaturated/α-hetero) is 2. The predicted molar refractivity (Wildman–Crippen MR) is 165 cm³/mol. The molecule has 8 heteroatoms. The van der Waals surface area contributed by atoms with E-state index < -0.39 is 23.4 Å². The van der Waals surface area contributed by atoms with E-state index in [2.05, 4.69) is 5.32 Å². The van der Waals surface area contributed by atoms with Gasteiger partial charge < -0.3 is 24.4 Å². The lowest BCUT2D eigenvalue weighted by molar-refractivity contribution is -0.122. The van der Waals surface area contributed by atoms with Gasteiger partial charge >= 0.3 is 0 Å². The summed E-state index contributed by atoms with van der Waals surface area (Å²) >= 11 is 0. The third-order valence-electron chi connectivity index (χ3n) is 9.14. The second kappa shape index (κ2) is 10.4. The maximum Gasteiger partial charge on any atom is 0.238 e. The van der Waals surface area contributed by atoms with Crippen molar-refractivity contribution >= 4 is 29.2 Å². The van der Waals surface area contributed by atoms with Crippen molar-refractivity contribution in [3.8, 4) is 17.2 Å². The molecule has 220 valence electrons. The first-order valence-corrected chi connectivity index (χ1v) is 14.3. The van der Waals surface area contributed by atoms with Crippen LogP contribution in [-0.2, 0) is 10.2 Å². The van der Waals surface area contributed by atoms with E-state index in [9.17, 15) is 14.4 Å². The molecule has 1 spiro atoms. The van der Waals surface area contributed by atoms with E-state index in [0.717, 1.165) is 11.1 Å². The smallest absolute Gasteiger partial charge is 0.238 e. The van der Waals surface area contributed by atoms with Gasteiger partial charge in [0.05, 0.1) is 33.3 Å². The molecule has 4 atom stereocenters. The van der Waals surface area contributed by atoms with E-state index in [1.807, 2.05) is 65.7 Å². The Morgan fingerprint density at radius 3 is 2.32 bits per heavy atom. The van der Waals surface area contributed by atoms with Gasteiger partial charge in [-0.15, -0.1) is 0 Å². The summed E-state index contributed by atoms with van der Waals surface area (Å²) in [5.41, 5.74) is 2.39. The zero-order valence-electron chi connectivity index (χ0n) is 24.4. The van der Waals surface area contributed by atoms with Gasteiger partial charge in [0, 0.05) is 23.0 Å². The number of carbonyl (C=O) groups excluding carboxylic acids is 3. The van der Waals surface area contributed by atoms with E-state index in [4.69, 9.17) is 14.2 Å². The van der Waals surface area contributed by atoms with Gasteiger partial charge in [-0.1, -0.05) is 54.6 Å². The van der Waals surface area contributed by atoms with Gasteiger partial charge in [0.2, 0.25) is 5.91 Å². The van der Waals surface area contributed by atoms with Gasteiger partial charge in [-0.3, -0.25) is 14.4 Å². The van der Waals surface area contributed by atoms with Crippen molar-refractivity contribution in [2.24, 2.45) is 5.92 Å². The Morgan fingerprint density at radius 2 is 1.52 bits per heavy atom. The number of rotatable bonds is 7. The minimum absolute atomic E-state index is 0.310. The highest BCUT2D eigenvalue weighted by molar-refractivity contribution is 6.16. The molecule has 1 fully saturated rings. The molecule has 4 aromatic rings. The van der Waals surface area contributed by atoms with Crippen LogP contribution in [-0.4, -0.2) is 49.7 Å². The predicted octanol–water partition coefficient (Wildman–Crippen LogP) is 5.69. The molecule has 0 radical (unpaired) electrons. The van der Waals surface area contributed by atoms with Crippen LogP contribution in [0.4, 0.5) is 5.69 Å². The van der Waals surface area contributed by atoms with E-state index in [-0.39, 0.29) is 17.5 Å². The summed E-state index contributed by atoms with van der Waals surface area (Å²) in [5, 5.41) is 3.07. The van der Waals surface area contributed by atoms with Crippen LogP contribution < -0.4 is 19.5 Å². The number of anilines is 1. The van der Waals surface area contributed by atoms with E-state index in [1.54, 1.807) is 42.5 Å². The summed E-state index contributed by atoms with van der Waals surface area (Å²) in [6.45, 7) is 0. The lowest BCUT2D eigenvalue weighted by Gasteiger charge is -2.38. The highest BCUT2D eigenvalue weighted by Crippen LogP contribution is 2.62. The molecule has 0 saturated carbocycles. The van der Waals surface area contributed by atoms with Crippen LogP contribution in [0, 0.1) is 5.92 Å². The fourth-order valence-corrected chi connectivity index (χ4v) is 7.28. The van der Waals surface area contributed by atoms with Crippen molar-refractivity contribution in [2.75, 3.05) is 26.6 Å². The van der Waals surface area contributed by atoms with Crippen LogP contribution in [0.1, 0.15) is 43.4 Å². The number of methoxy groups -OCH3 is 3. The third-order valence-corrected chi connectivity index (χ3v) is 9.14. The molecule has 3 aliphatic heterocycles. The zero-order chi connectivity index (χ0) is 30.6. The number of ether oxygens (including phenoxy) is 3. The maximum atomic E-state index is 15.0. The Kier molecular flexibility index (Phi) is 6.50. The minimum Gasteiger partial charge on any atom is -0.497 e. The van der Waals surface area contributed by atoms with Gasteiger partial charge in [0.15, 0.2) is 23.1 Å². The number of benzene rings is 4. The second-order valence-electron chi connectivity index (χ2n) is 11.1. The maximum absolute atomic E-state index is 15.0. The fourth-order valence-electron chi connectivity index (χ4n) is 7.28. The number of nitrogens with zero attached hydrogens (tertiary/aromatic N) is 1. The number of nitrogens with one attached hydrogen (secondary N) is 1. The monoisotopic (exact) mass is 586 g/mol. The van der Waals surface area contributed by atoms with Gasteiger partial charge in [0.25, 0.3) is 0 Å². The van der Waals surface area contributed by atoms with Crippen molar-refractivity contribution in [3.05, 3.63) is 125 Å². The number of fused-ring (bicyclic) bond motifs is 6. The molecular formula is C36H30N2O6. The first kappa shape index (κ1) is 27.5. The van der Waals surface area contributed by atoms with Gasteiger partial charge in [-0.05, 0) is 59.2 Å². The van der Waals surface area contributed by atoms with Crippen molar-refractivity contribution in [3.63, 3.8) is 0 Å².